The van der Waals surface area contributed by atoms with Crippen LogP contribution < -0.4 is 0 Å². The van der Waals surface area contributed by atoms with Crippen LogP contribution in [0.3, 0.4) is 0 Å². The largest absolute Gasteiger partial charge is 0.464 e. The van der Waals surface area contributed by atoms with Crippen molar-refractivity contribution in [3.63, 3.8) is 0 Å². The summed E-state index contributed by atoms with van der Waals surface area (Å²) in [6, 6.07) is 6.32. The molecule has 0 aliphatic carbocycles. The molecule has 8 heteroatoms. The van der Waals surface area contributed by atoms with Crippen LogP contribution in [-0.4, -0.2) is 34.4 Å². The first-order valence-electron chi connectivity index (χ1n) is 6.69. The highest BCUT2D eigenvalue weighted by molar-refractivity contribution is 5.81. The summed E-state index contributed by atoms with van der Waals surface area (Å²) in [6.07, 6.45) is -6.36. The molecule has 1 N–H and O–H groups in total. The minimum atomic E-state index is -5.24. The molecule has 0 radical (unpaired) electrons. The van der Waals surface area contributed by atoms with Crippen molar-refractivity contribution in [1.29, 1.82) is 0 Å². The molecule has 1 atom stereocenters. The Kier molecular flexibility index (Phi) is 4.56. The Morgan fingerprint density at radius 2 is 1.91 bits per heavy atom. The van der Waals surface area contributed by atoms with E-state index in [1.54, 1.807) is 0 Å². The van der Waals surface area contributed by atoms with Gasteiger partial charge in [-0.25, -0.2) is 9.18 Å². The van der Waals surface area contributed by atoms with Crippen molar-refractivity contribution in [3.05, 3.63) is 41.8 Å². The quantitative estimate of drug-likeness (QED) is 0.691. The topological polar surface area (TPSA) is 59.4 Å². The predicted octanol–water partition coefficient (Wildman–Crippen LogP) is 2.77. The minimum Gasteiger partial charge on any atom is -0.464 e. The second kappa shape index (κ2) is 6.11. The number of carbonyl (C=O) groups excluding carboxylic acids is 1. The summed E-state index contributed by atoms with van der Waals surface area (Å²) in [5.41, 5.74) is -3.80. The van der Waals surface area contributed by atoms with Crippen molar-refractivity contribution in [3.8, 4) is 0 Å². The van der Waals surface area contributed by atoms with Crippen LogP contribution in [0.25, 0.3) is 10.9 Å². The molecule has 0 amide bonds. The van der Waals surface area contributed by atoms with Gasteiger partial charge in [-0.3, -0.25) is 4.98 Å². The third-order valence-corrected chi connectivity index (χ3v) is 3.23. The molecule has 4 nitrogen and oxygen atoms in total. The number of nitrogens with zero attached hydrogens (tertiary/aromatic N) is 1. The molecule has 2 rings (SSSR count). The summed E-state index contributed by atoms with van der Waals surface area (Å²) in [7, 11) is 0. The lowest BCUT2D eigenvalue weighted by Gasteiger charge is -2.27. The van der Waals surface area contributed by atoms with Crippen LogP contribution in [0.1, 0.15) is 12.6 Å². The van der Waals surface area contributed by atoms with E-state index < -0.39 is 30.0 Å². The molecule has 1 aromatic heterocycles. The third kappa shape index (κ3) is 3.42. The lowest BCUT2D eigenvalue weighted by molar-refractivity contribution is -0.262. The molecule has 1 unspecified atom stereocenters. The van der Waals surface area contributed by atoms with Crippen LogP contribution in [0.5, 0.6) is 0 Å². The summed E-state index contributed by atoms with van der Waals surface area (Å²) >= 11 is 0. The van der Waals surface area contributed by atoms with E-state index in [0.29, 0.717) is 5.39 Å². The Labute approximate surface area is 128 Å². The number of hydrogen-bond donors (Lipinski definition) is 1. The molecule has 0 aliphatic heterocycles. The fourth-order valence-electron chi connectivity index (χ4n) is 2.03. The molecule has 0 aliphatic rings. The fraction of sp³-hybridized carbons (Fsp3) is 0.333. The van der Waals surface area contributed by atoms with E-state index in [-0.39, 0.29) is 17.8 Å². The van der Waals surface area contributed by atoms with Crippen molar-refractivity contribution in [2.24, 2.45) is 0 Å². The molecule has 124 valence electrons. The van der Waals surface area contributed by atoms with Crippen molar-refractivity contribution < 1.29 is 32.2 Å². The van der Waals surface area contributed by atoms with E-state index in [4.69, 9.17) is 0 Å². The van der Waals surface area contributed by atoms with Crippen molar-refractivity contribution in [2.45, 2.75) is 25.1 Å². The predicted molar refractivity (Wildman–Crippen MR) is 73.0 cm³/mol. The zero-order chi connectivity index (χ0) is 17.3. The van der Waals surface area contributed by atoms with Crippen LogP contribution in [0.4, 0.5) is 17.6 Å². The van der Waals surface area contributed by atoms with Gasteiger partial charge >= 0.3 is 12.1 Å². The number of halogens is 4. The summed E-state index contributed by atoms with van der Waals surface area (Å²) < 4.78 is 56.8. The summed E-state index contributed by atoms with van der Waals surface area (Å²) in [5, 5.41) is 10.3. The number of alkyl halides is 3. The van der Waals surface area contributed by atoms with E-state index in [2.05, 4.69) is 9.72 Å². The van der Waals surface area contributed by atoms with E-state index >= 15 is 0 Å². The zero-order valence-electron chi connectivity index (χ0n) is 12.0. The van der Waals surface area contributed by atoms with Gasteiger partial charge in [0.05, 0.1) is 12.1 Å². The Hall–Kier alpha value is -2.22. The normalized spacial score (nSPS) is 14.5. The molecule has 2 aromatic rings. The van der Waals surface area contributed by atoms with Gasteiger partial charge in [0.1, 0.15) is 5.82 Å². The SMILES string of the molecule is CCOC(=O)C(O)(Cc1ccc2ccc(F)cc2n1)C(F)(F)F. The molecule has 23 heavy (non-hydrogen) atoms. The number of benzene rings is 1. The van der Waals surface area contributed by atoms with Gasteiger partial charge in [-0.1, -0.05) is 6.07 Å². The first-order chi connectivity index (χ1) is 10.7. The van der Waals surface area contributed by atoms with Crippen molar-refractivity contribution in [2.75, 3.05) is 6.61 Å². The van der Waals surface area contributed by atoms with E-state index in [1.165, 1.54) is 31.2 Å². The lowest BCUT2D eigenvalue weighted by Crippen LogP contribution is -2.54. The molecule has 0 spiro atoms. The maximum absolute atomic E-state index is 13.2. The highest BCUT2D eigenvalue weighted by Gasteiger charge is 2.61. The number of pyridine rings is 1. The number of hydrogen-bond acceptors (Lipinski definition) is 4. The lowest BCUT2D eigenvalue weighted by atomic mass is 9.96. The molecular weight excluding hydrogens is 318 g/mol. The van der Waals surface area contributed by atoms with Gasteiger partial charge in [0.15, 0.2) is 0 Å². The Morgan fingerprint density at radius 1 is 1.26 bits per heavy atom. The highest BCUT2D eigenvalue weighted by atomic mass is 19.4. The first kappa shape index (κ1) is 17.1. The smallest absolute Gasteiger partial charge is 0.428 e. The summed E-state index contributed by atoms with van der Waals surface area (Å²) in [6.45, 7) is 1.01. The van der Waals surface area contributed by atoms with E-state index in [9.17, 15) is 27.5 Å². The Morgan fingerprint density at radius 3 is 2.52 bits per heavy atom. The summed E-state index contributed by atoms with van der Waals surface area (Å²) in [5.74, 6) is -2.40. The number of esters is 1. The van der Waals surface area contributed by atoms with Gasteiger partial charge in [-0.05, 0) is 25.1 Å². The maximum atomic E-state index is 13.2. The highest BCUT2D eigenvalue weighted by Crippen LogP contribution is 2.34. The number of ether oxygens (including phenoxy) is 1. The van der Waals surface area contributed by atoms with Crippen LogP contribution in [-0.2, 0) is 16.0 Å². The van der Waals surface area contributed by atoms with Crippen LogP contribution in [0.2, 0.25) is 0 Å². The minimum absolute atomic E-state index is 0.121. The molecule has 0 bridgehead atoms. The maximum Gasteiger partial charge on any atom is 0.428 e. The van der Waals surface area contributed by atoms with Crippen molar-refractivity contribution in [1.82, 2.24) is 4.98 Å². The van der Waals surface area contributed by atoms with Crippen LogP contribution in [0.15, 0.2) is 30.3 Å². The van der Waals surface area contributed by atoms with E-state index in [1.807, 2.05) is 0 Å². The van der Waals surface area contributed by atoms with Gasteiger partial charge in [0, 0.05) is 23.6 Å². The fourth-order valence-corrected chi connectivity index (χ4v) is 2.03. The number of carbonyl (C=O) groups is 1. The first-order valence-corrected chi connectivity index (χ1v) is 6.69. The Bertz CT molecular complexity index is 732. The van der Waals surface area contributed by atoms with Crippen LogP contribution >= 0.6 is 0 Å². The van der Waals surface area contributed by atoms with Gasteiger partial charge in [0.2, 0.25) is 0 Å². The van der Waals surface area contributed by atoms with Crippen molar-refractivity contribution >= 4 is 16.9 Å². The second-order valence-corrected chi connectivity index (χ2v) is 4.89. The average molecular weight is 331 g/mol. The molecule has 1 aromatic carbocycles. The standard InChI is InChI=1S/C15H13F4NO3/c1-2-23-13(21)14(22,15(17,18)19)8-11-6-4-9-3-5-10(16)7-12(9)20-11/h3-7,22H,2,8H2,1H3. The number of rotatable bonds is 4. The molecule has 0 saturated heterocycles. The number of fused-ring (bicyclic) bond motifs is 1. The monoisotopic (exact) mass is 331 g/mol. The molecule has 0 fully saturated rings. The second-order valence-electron chi connectivity index (χ2n) is 4.89. The van der Waals surface area contributed by atoms with Gasteiger partial charge in [-0.15, -0.1) is 0 Å². The molecule has 1 heterocycles. The molecular formula is C15H13F4NO3. The number of aliphatic hydroxyl groups is 1. The number of aromatic nitrogens is 1. The molecule has 0 saturated carbocycles. The average Bonchev–Trinajstić information content (AvgIpc) is 2.45. The van der Waals surface area contributed by atoms with Gasteiger partial charge in [0.25, 0.3) is 5.60 Å². The van der Waals surface area contributed by atoms with E-state index in [0.717, 1.165) is 6.07 Å². The van der Waals surface area contributed by atoms with Gasteiger partial charge in [-0.2, -0.15) is 13.2 Å². The third-order valence-electron chi connectivity index (χ3n) is 3.23. The van der Waals surface area contributed by atoms with Gasteiger partial charge < -0.3 is 9.84 Å². The zero-order valence-corrected chi connectivity index (χ0v) is 12.0. The summed E-state index contributed by atoms with van der Waals surface area (Å²) in [4.78, 5) is 15.4. The van der Waals surface area contributed by atoms with Crippen LogP contribution in [0, 0.1) is 5.82 Å². The Balaban J connectivity index is 2.42.